The Kier molecular flexibility index (Phi) is 8.45. The van der Waals surface area contributed by atoms with Gasteiger partial charge in [-0.2, -0.15) is 0 Å². The third-order valence-corrected chi connectivity index (χ3v) is 8.18. The maximum atomic E-state index is 14.4. The second kappa shape index (κ2) is 14.6. The molecule has 0 aliphatic rings. The molecule has 0 bridgehead atoms. The van der Waals surface area contributed by atoms with Crippen molar-refractivity contribution in [1.29, 1.82) is 0 Å². The van der Waals surface area contributed by atoms with E-state index in [2.05, 4.69) is 79.3 Å². The largest absolute Gasteiger partial charge is 0.501 e. The molecule has 0 atom stereocenters. The number of halogens is 1. The second-order valence-corrected chi connectivity index (χ2v) is 13.5. The normalized spacial score (nSPS) is 13.6. The van der Waals surface area contributed by atoms with Gasteiger partial charge < -0.3 is 14.4 Å². The number of furan rings is 1. The van der Waals surface area contributed by atoms with Crippen LogP contribution in [0.4, 0.5) is 4.39 Å². The maximum absolute atomic E-state index is 14.4. The summed E-state index contributed by atoms with van der Waals surface area (Å²) >= 11 is 0. The van der Waals surface area contributed by atoms with Gasteiger partial charge in [-0.1, -0.05) is 97.7 Å². The predicted molar refractivity (Wildman–Crippen MR) is 197 cm³/mol. The van der Waals surface area contributed by atoms with E-state index in [1.165, 1.54) is 40.1 Å². The topological polar surface area (TPSA) is 38.9 Å². The third-order valence-electron chi connectivity index (χ3n) is 8.18. The molecule has 49 heavy (non-hydrogen) atoms. The Hall–Kier alpha value is -4.44. The van der Waals surface area contributed by atoms with Crippen molar-refractivity contribution in [1.82, 2.24) is 9.97 Å². The van der Waals surface area contributed by atoms with E-state index < -0.39 is 19.5 Å². The van der Waals surface area contributed by atoms with Crippen molar-refractivity contribution < 1.29 is 37.1 Å². The van der Waals surface area contributed by atoms with Crippen molar-refractivity contribution in [3.63, 3.8) is 0 Å². The summed E-state index contributed by atoms with van der Waals surface area (Å²) in [7, 11) is 0. The van der Waals surface area contributed by atoms with E-state index in [9.17, 15) is 4.39 Å². The molecule has 0 saturated carbocycles. The van der Waals surface area contributed by atoms with Gasteiger partial charge in [0.1, 0.15) is 5.58 Å². The van der Waals surface area contributed by atoms with Gasteiger partial charge in [0.05, 0.1) is 5.58 Å². The number of hydrogen-bond acceptors (Lipinski definition) is 3. The van der Waals surface area contributed by atoms with E-state index >= 15 is 0 Å². The summed E-state index contributed by atoms with van der Waals surface area (Å²) in [5.41, 5.74) is 10.4. The van der Waals surface area contributed by atoms with E-state index in [1.807, 2.05) is 51.2 Å². The number of rotatable bonds is 4. The first kappa shape index (κ1) is 28.4. The molecule has 1 radical (unpaired) electrons. The fraction of sp³-hybridized carbons (Fsp3) is 0.227. The van der Waals surface area contributed by atoms with Crippen LogP contribution >= 0.6 is 0 Å². The summed E-state index contributed by atoms with van der Waals surface area (Å²) in [5, 5.41) is 2.22. The summed E-state index contributed by atoms with van der Waals surface area (Å²) in [5.74, 6) is -0.755. The van der Waals surface area contributed by atoms with E-state index in [0.717, 1.165) is 39.3 Å². The molecule has 0 fully saturated rings. The third kappa shape index (κ3) is 7.90. The SMILES string of the molecule is Cc1cc(C)c(-c2ccnc(-c3[c-]ccc4c3oc3ccccc34)c2)c(C)c1.[2H]C([2H])([2H])c1c[c-]c(-c2cc(CC(C)(C)C)c(C([2H])([2H])[2H])cn2)c(F)c1.[Ir]. The average molecular weight is 831 g/mol. The number of pyridine rings is 2. The van der Waals surface area contributed by atoms with Crippen LogP contribution < -0.4 is 0 Å². The van der Waals surface area contributed by atoms with Gasteiger partial charge in [0.2, 0.25) is 0 Å². The molecule has 0 N–H and O–H groups in total. The maximum Gasteiger partial charge on any atom is 0.120 e. The Labute approximate surface area is 311 Å². The number of hydrogen-bond donors (Lipinski definition) is 0. The fourth-order valence-corrected chi connectivity index (χ4v) is 6.26. The molecule has 251 valence electrons. The van der Waals surface area contributed by atoms with Gasteiger partial charge in [0, 0.05) is 51.9 Å². The van der Waals surface area contributed by atoms with Crippen LogP contribution in [0.5, 0.6) is 0 Å². The predicted octanol–water partition coefficient (Wildman–Crippen LogP) is 11.9. The zero-order valence-electron chi connectivity index (χ0n) is 34.4. The van der Waals surface area contributed by atoms with Gasteiger partial charge in [0.15, 0.2) is 0 Å². The van der Waals surface area contributed by atoms with Crippen LogP contribution in [0.2, 0.25) is 0 Å². The molecule has 3 nitrogen and oxygen atoms in total. The quantitative estimate of drug-likeness (QED) is 0.166. The first-order valence-corrected chi connectivity index (χ1v) is 15.9. The van der Waals surface area contributed by atoms with Gasteiger partial charge in [-0.15, -0.1) is 42.0 Å². The van der Waals surface area contributed by atoms with Gasteiger partial charge in [-0.05, 0) is 90.8 Å². The molecular formula is C44H41FIrN2O-2. The van der Waals surface area contributed by atoms with Crippen LogP contribution in [-0.2, 0) is 26.5 Å². The summed E-state index contributed by atoms with van der Waals surface area (Å²) in [6.45, 7) is 7.67. The number of aryl methyl sites for hydroxylation is 5. The van der Waals surface area contributed by atoms with Crippen LogP contribution in [0.15, 0.2) is 95.7 Å². The van der Waals surface area contributed by atoms with Crippen molar-refractivity contribution in [3.8, 4) is 33.6 Å². The van der Waals surface area contributed by atoms with E-state index in [-0.39, 0.29) is 47.9 Å². The molecule has 0 aliphatic carbocycles. The molecule has 0 aliphatic heterocycles. The standard InChI is InChI=1S/C26H20NO.C18H21FN.Ir/c1-16-13-17(2)25(18(3)14-16)19-11-12-27-23(15-19)22-9-6-8-21-20-7-4-5-10-24(20)28-26(21)22;1-12-6-7-15(16(19)8-12)17-9-14(10-18(3,4)5)13(2)11-20-17;/h4-8,10-15H,1-3H3;6,8-9,11H,10H2,1-5H3;/q2*-1;/i;1D3,2D3;. The molecule has 0 unspecified atom stereocenters. The molecule has 0 saturated heterocycles. The van der Waals surface area contributed by atoms with Gasteiger partial charge >= 0.3 is 0 Å². The Morgan fingerprint density at radius 3 is 2.27 bits per heavy atom. The monoisotopic (exact) mass is 831 g/mol. The van der Waals surface area contributed by atoms with Crippen molar-refractivity contribution in [3.05, 3.63) is 143 Å². The van der Waals surface area contributed by atoms with Gasteiger partial charge in [0.25, 0.3) is 0 Å². The molecule has 3 heterocycles. The first-order valence-electron chi connectivity index (χ1n) is 18.9. The molecule has 7 aromatic rings. The first-order chi connectivity index (χ1) is 25.3. The summed E-state index contributed by atoms with van der Waals surface area (Å²) < 4.78 is 65.7. The van der Waals surface area contributed by atoms with E-state index in [0.29, 0.717) is 12.0 Å². The minimum absolute atomic E-state index is 0. The Bertz CT molecular complexity index is 2480. The van der Waals surface area contributed by atoms with Crippen molar-refractivity contribution >= 4 is 21.9 Å². The van der Waals surface area contributed by atoms with Crippen LogP contribution in [0.3, 0.4) is 0 Å². The number of aromatic nitrogens is 2. The van der Waals surface area contributed by atoms with Crippen molar-refractivity contribution in [2.75, 3.05) is 0 Å². The van der Waals surface area contributed by atoms with Crippen LogP contribution in [0.25, 0.3) is 55.6 Å². The van der Waals surface area contributed by atoms with Crippen LogP contribution in [0.1, 0.15) is 62.4 Å². The Morgan fingerprint density at radius 2 is 1.55 bits per heavy atom. The van der Waals surface area contributed by atoms with Crippen molar-refractivity contribution in [2.24, 2.45) is 5.41 Å². The number of para-hydroxylation sites is 1. The zero-order chi connectivity index (χ0) is 39.2. The molecular weight excluding hydrogens is 784 g/mol. The zero-order valence-corrected chi connectivity index (χ0v) is 30.8. The molecule has 7 rings (SSSR count). The summed E-state index contributed by atoms with van der Waals surface area (Å²) in [6, 6.07) is 30.5. The molecule has 5 heteroatoms. The second-order valence-electron chi connectivity index (χ2n) is 13.5. The van der Waals surface area contributed by atoms with Gasteiger partial charge in [-0.25, -0.2) is 0 Å². The minimum Gasteiger partial charge on any atom is -0.501 e. The minimum atomic E-state index is -2.42. The summed E-state index contributed by atoms with van der Waals surface area (Å²) in [4.78, 5) is 8.73. The van der Waals surface area contributed by atoms with Crippen LogP contribution in [0, 0.1) is 57.8 Å². The molecule has 0 spiro atoms. The number of benzene rings is 4. The van der Waals surface area contributed by atoms with Crippen molar-refractivity contribution in [2.45, 2.75) is 61.7 Å². The van der Waals surface area contributed by atoms with E-state index in [4.69, 9.17) is 12.6 Å². The molecule has 4 aromatic carbocycles. The fourth-order valence-electron chi connectivity index (χ4n) is 6.26. The molecule has 3 aromatic heterocycles. The number of fused-ring (bicyclic) bond motifs is 3. The Balaban J connectivity index is 0.000000208. The average Bonchev–Trinajstić information content (AvgIpc) is 3.46. The Morgan fingerprint density at radius 1 is 0.796 bits per heavy atom. The smallest absolute Gasteiger partial charge is 0.120 e. The number of nitrogens with zero attached hydrogens (tertiary/aromatic N) is 2. The summed E-state index contributed by atoms with van der Waals surface area (Å²) in [6.07, 6.45) is 3.60. The van der Waals surface area contributed by atoms with Crippen LogP contribution in [-0.4, -0.2) is 9.97 Å². The molecule has 0 amide bonds. The van der Waals surface area contributed by atoms with Gasteiger partial charge in [-0.3, -0.25) is 4.39 Å². The van der Waals surface area contributed by atoms with E-state index in [1.54, 1.807) is 6.07 Å².